The molecule has 1 unspecified atom stereocenters. The number of allylic oxidation sites excluding steroid dienone is 2. The highest BCUT2D eigenvalue weighted by Gasteiger charge is 2.20. The summed E-state index contributed by atoms with van der Waals surface area (Å²) in [5.74, 6) is -0.837. The smallest absolute Gasteiger partial charge is 0.306 e. The van der Waals surface area contributed by atoms with E-state index in [4.69, 9.17) is 14.2 Å². The molecule has 0 aromatic heterocycles. The highest BCUT2D eigenvalue weighted by atomic mass is 16.6. The Morgan fingerprint density at radius 1 is 0.232 bits per heavy atom. The van der Waals surface area contributed by atoms with E-state index in [1.807, 2.05) is 0 Å². The fraction of sp³-hybridized carbons (Fsp3) is 0.934. The van der Waals surface area contributed by atoms with E-state index in [0.717, 1.165) is 64.2 Å². The van der Waals surface area contributed by atoms with Crippen molar-refractivity contribution in [3.63, 3.8) is 0 Å². The first kappa shape index (κ1) is 80.2. The maximum atomic E-state index is 13.0. The topological polar surface area (TPSA) is 78.9 Å². The molecule has 0 amide bonds. The van der Waals surface area contributed by atoms with Crippen molar-refractivity contribution in [3.8, 4) is 0 Å². The molecule has 0 N–H and O–H groups in total. The minimum atomic E-state index is -0.770. The summed E-state index contributed by atoms with van der Waals surface area (Å²) in [6.07, 6.45) is 87.0. The molecule has 0 radical (unpaired) electrons. The van der Waals surface area contributed by atoms with Gasteiger partial charge in [0.05, 0.1) is 0 Å². The molecule has 0 bridgehead atoms. The Labute approximate surface area is 513 Å². The normalized spacial score (nSPS) is 12.0. The molecule has 1 atom stereocenters. The van der Waals surface area contributed by atoms with Gasteiger partial charge in [-0.05, 0) is 44.9 Å². The zero-order valence-corrected chi connectivity index (χ0v) is 56.1. The molecule has 0 saturated carbocycles. The molecule has 0 spiro atoms. The number of unbranched alkanes of at least 4 members (excludes halogenated alkanes) is 58. The van der Waals surface area contributed by atoms with Crippen molar-refractivity contribution in [3.05, 3.63) is 12.2 Å². The van der Waals surface area contributed by atoms with E-state index in [1.54, 1.807) is 0 Å². The molecule has 0 rings (SSSR count). The first-order valence-electron chi connectivity index (χ1n) is 37.7. The molecular weight excluding hydrogens is 1010 g/mol. The quantitative estimate of drug-likeness (QED) is 0.0261. The Bertz CT molecular complexity index is 1280. The predicted molar refractivity (Wildman–Crippen MR) is 358 cm³/mol. The molecule has 0 aliphatic heterocycles. The number of hydrogen-bond acceptors (Lipinski definition) is 6. The van der Waals surface area contributed by atoms with Crippen LogP contribution < -0.4 is 0 Å². The molecule has 0 fully saturated rings. The standard InChI is InChI=1S/C76H146O6/c1-4-7-10-13-16-19-22-25-27-29-31-33-35-36-37-38-39-41-42-44-46-48-51-54-57-60-63-66-69-75(78)81-72-73(71-80-74(77)68-65-62-59-56-53-50-24-21-18-15-12-9-6-3)82-76(79)70-67-64-61-58-55-52-49-47-45-43-40-34-32-30-28-26-23-20-17-14-11-8-5-2/h21,24,73H,4-20,22-23,25-72H2,1-3H3/b24-21-. The third-order valence-corrected chi connectivity index (χ3v) is 17.5. The van der Waals surface area contributed by atoms with Gasteiger partial charge in [-0.2, -0.15) is 0 Å². The van der Waals surface area contributed by atoms with Crippen molar-refractivity contribution < 1.29 is 28.6 Å². The monoisotopic (exact) mass is 1160 g/mol. The molecular formula is C76H146O6. The minimum absolute atomic E-state index is 0.0655. The zero-order chi connectivity index (χ0) is 59.2. The summed E-state index contributed by atoms with van der Waals surface area (Å²) in [5, 5.41) is 0. The van der Waals surface area contributed by atoms with Gasteiger partial charge in [-0.3, -0.25) is 14.4 Å². The van der Waals surface area contributed by atoms with E-state index >= 15 is 0 Å². The summed E-state index contributed by atoms with van der Waals surface area (Å²) < 4.78 is 17.0. The van der Waals surface area contributed by atoms with Crippen LogP contribution in [0.2, 0.25) is 0 Å². The summed E-state index contributed by atoms with van der Waals surface area (Å²) in [6, 6.07) is 0. The summed E-state index contributed by atoms with van der Waals surface area (Å²) in [5.41, 5.74) is 0. The van der Waals surface area contributed by atoms with Crippen molar-refractivity contribution in [2.45, 2.75) is 444 Å². The lowest BCUT2D eigenvalue weighted by molar-refractivity contribution is -0.167. The van der Waals surface area contributed by atoms with Gasteiger partial charge < -0.3 is 14.2 Å². The number of rotatable bonds is 71. The molecule has 6 nitrogen and oxygen atoms in total. The lowest BCUT2D eigenvalue weighted by Crippen LogP contribution is -2.30. The van der Waals surface area contributed by atoms with Crippen molar-refractivity contribution in [1.29, 1.82) is 0 Å². The van der Waals surface area contributed by atoms with Gasteiger partial charge in [-0.1, -0.05) is 386 Å². The molecule has 0 aliphatic rings. The molecule has 6 heteroatoms. The largest absolute Gasteiger partial charge is 0.462 e. The number of hydrogen-bond donors (Lipinski definition) is 0. The van der Waals surface area contributed by atoms with Gasteiger partial charge in [0.25, 0.3) is 0 Å². The Morgan fingerprint density at radius 3 is 0.622 bits per heavy atom. The van der Waals surface area contributed by atoms with Crippen LogP contribution in [0, 0.1) is 0 Å². The van der Waals surface area contributed by atoms with E-state index in [9.17, 15) is 14.4 Å². The molecule has 0 saturated heterocycles. The second-order valence-corrected chi connectivity index (χ2v) is 25.9. The van der Waals surface area contributed by atoms with Gasteiger partial charge in [0.2, 0.25) is 0 Å². The van der Waals surface area contributed by atoms with Crippen LogP contribution >= 0.6 is 0 Å². The molecule has 82 heavy (non-hydrogen) atoms. The van der Waals surface area contributed by atoms with Gasteiger partial charge in [-0.15, -0.1) is 0 Å². The van der Waals surface area contributed by atoms with Crippen LogP contribution in [-0.2, 0) is 28.6 Å². The first-order valence-corrected chi connectivity index (χ1v) is 37.7. The van der Waals surface area contributed by atoms with Crippen LogP contribution in [0.1, 0.15) is 438 Å². The van der Waals surface area contributed by atoms with E-state index in [-0.39, 0.29) is 31.1 Å². The summed E-state index contributed by atoms with van der Waals surface area (Å²) in [4.78, 5) is 38.5. The highest BCUT2D eigenvalue weighted by Crippen LogP contribution is 2.20. The lowest BCUT2D eigenvalue weighted by atomic mass is 10.0. The van der Waals surface area contributed by atoms with Crippen LogP contribution in [0.25, 0.3) is 0 Å². The molecule has 486 valence electrons. The number of carbonyl (C=O) groups excluding carboxylic acids is 3. The average Bonchev–Trinajstić information content (AvgIpc) is 3.47. The van der Waals surface area contributed by atoms with Crippen LogP contribution in [-0.4, -0.2) is 37.2 Å². The van der Waals surface area contributed by atoms with Crippen molar-refractivity contribution in [1.82, 2.24) is 0 Å². The fourth-order valence-corrected chi connectivity index (χ4v) is 11.9. The van der Waals surface area contributed by atoms with Crippen LogP contribution in [0.4, 0.5) is 0 Å². The molecule has 0 heterocycles. The number of ether oxygens (including phenoxy) is 3. The van der Waals surface area contributed by atoms with Crippen molar-refractivity contribution >= 4 is 17.9 Å². The molecule has 0 aromatic carbocycles. The Balaban J connectivity index is 4.16. The molecule has 0 aliphatic carbocycles. The van der Waals surface area contributed by atoms with Crippen LogP contribution in [0.3, 0.4) is 0 Å². The Morgan fingerprint density at radius 2 is 0.402 bits per heavy atom. The lowest BCUT2D eigenvalue weighted by Gasteiger charge is -2.18. The van der Waals surface area contributed by atoms with Crippen molar-refractivity contribution in [2.24, 2.45) is 0 Å². The Kier molecular flexibility index (Phi) is 70.0. The maximum Gasteiger partial charge on any atom is 0.306 e. The SMILES string of the molecule is CCCCCC/C=C\CCCCCCCC(=O)OCC(COC(=O)CCCCCCCCCCCCCCCCCCCCCCCCCCCCCC)OC(=O)CCCCCCCCCCCCCCCCCCCCCCCCC. The third kappa shape index (κ3) is 68.9. The van der Waals surface area contributed by atoms with Gasteiger partial charge >= 0.3 is 17.9 Å². The van der Waals surface area contributed by atoms with Gasteiger partial charge in [-0.25, -0.2) is 0 Å². The second-order valence-electron chi connectivity index (χ2n) is 25.9. The molecule has 0 aromatic rings. The number of esters is 3. The summed E-state index contributed by atoms with van der Waals surface area (Å²) in [6.45, 7) is 6.72. The second kappa shape index (κ2) is 71.6. The van der Waals surface area contributed by atoms with Crippen LogP contribution in [0.15, 0.2) is 12.2 Å². The van der Waals surface area contributed by atoms with E-state index in [1.165, 1.54) is 334 Å². The third-order valence-electron chi connectivity index (χ3n) is 17.5. The maximum absolute atomic E-state index is 13.0. The highest BCUT2D eigenvalue weighted by molar-refractivity contribution is 5.71. The minimum Gasteiger partial charge on any atom is -0.462 e. The van der Waals surface area contributed by atoms with Crippen LogP contribution in [0.5, 0.6) is 0 Å². The summed E-state index contributed by atoms with van der Waals surface area (Å²) in [7, 11) is 0. The Hall–Kier alpha value is -1.85. The average molecular weight is 1160 g/mol. The van der Waals surface area contributed by atoms with E-state index in [0.29, 0.717) is 19.3 Å². The first-order chi connectivity index (χ1) is 40.5. The van der Waals surface area contributed by atoms with Gasteiger partial charge in [0.1, 0.15) is 13.2 Å². The summed E-state index contributed by atoms with van der Waals surface area (Å²) >= 11 is 0. The van der Waals surface area contributed by atoms with Gasteiger partial charge in [0, 0.05) is 19.3 Å². The fourth-order valence-electron chi connectivity index (χ4n) is 11.9. The van der Waals surface area contributed by atoms with E-state index in [2.05, 4.69) is 32.9 Å². The number of carbonyl (C=O) groups is 3. The van der Waals surface area contributed by atoms with Gasteiger partial charge in [0.15, 0.2) is 6.10 Å². The zero-order valence-electron chi connectivity index (χ0n) is 56.1. The van der Waals surface area contributed by atoms with Crippen molar-refractivity contribution in [2.75, 3.05) is 13.2 Å². The van der Waals surface area contributed by atoms with E-state index < -0.39 is 6.10 Å². The predicted octanol–water partition coefficient (Wildman–Crippen LogP) is 26.0.